The molecule has 1 aliphatic carbocycles. The van der Waals surface area contributed by atoms with Crippen LogP contribution in [0.1, 0.15) is 47.0 Å². The summed E-state index contributed by atoms with van der Waals surface area (Å²) in [7, 11) is 2.21. The average Bonchev–Trinajstić information content (AvgIpc) is 2.36. The van der Waals surface area contributed by atoms with E-state index in [1.165, 1.54) is 0 Å². The van der Waals surface area contributed by atoms with Crippen molar-refractivity contribution in [2.75, 3.05) is 33.2 Å². The maximum atomic E-state index is 12.2. The van der Waals surface area contributed by atoms with Crippen LogP contribution in [0.25, 0.3) is 0 Å². The van der Waals surface area contributed by atoms with Crippen molar-refractivity contribution in [1.82, 2.24) is 9.80 Å². The highest BCUT2D eigenvalue weighted by molar-refractivity contribution is 5.82. The van der Waals surface area contributed by atoms with Crippen LogP contribution in [0.4, 0.5) is 0 Å². The van der Waals surface area contributed by atoms with Gasteiger partial charge in [-0.25, -0.2) is 0 Å². The van der Waals surface area contributed by atoms with E-state index in [4.69, 9.17) is 0 Å². The van der Waals surface area contributed by atoms with Crippen LogP contribution >= 0.6 is 0 Å². The average molecular weight is 280 g/mol. The van der Waals surface area contributed by atoms with E-state index < -0.39 is 0 Å². The second-order valence-corrected chi connectivity index (χ2v) is 7.91. The Morgan fingerprint density at radius 1 is 1.30 bits per heavy atom. The summed E-state index contributed by atoms with van der Waals surface area (Å²) in [5.74, 6) is 2.27. The monoisotopic (exact) mass is 280 g/mol. The molecule has 1 saturated heterocycles. The standard InChI is InChI=1S/C17H32N2O/c1-13(2)14-6-7-16(20)15(10-14)11-19-9-8-18(5)17(3,4)12-19/h13-15H,6-12H2,1-5H3. The zero-order chi connectivity index (χ0) is 14.9. The highest BCUT2D eigenvalue weighted by Gasteiger charge is 2.35. The number of nitrogens with zero attached hydrogens (tertiary/aromatic N) is 2. The molecule has 0 amide bonds. The summed E-state index contributed by atoms with van der Waals surface area (Å²) in [5.41, 5.74) is 0.230. The molecule has 3 nitrogen and oxygen atoms in total. The van der Waals surface area contributed by atoms with Crippen LogP contribution < -0.4 is 0 Å². The quantitative estimate of drug-likeness (QED) is 0.794. The minimum Gasteiger partial charge on any atom is -0.300 e. The molecule has 0 aromatic heterocycles. The molecule has 2 rings (SSSR count). The van der Waals surface area contributed by atoms with E-state index in [1.807, 2.05) is 0 Å². The fourth-order valence-electron chi connectivity index (χ4n) is 3.74. The van der Waals surface area contributed by atoms with Crippen LogP contribution in [0.5, 0.6) is 0 Å². The highest BCUT2D eigenvalue weighted by atomic mass is 16.1. The van der Waals surface area contributed by atoms with Crippen molar-refractivity contribution in [3.05, 3.63) is 0 Å². The van der Waals surface area contributed by atoms with Crippen molar-refractivity contribution in [3.63, 3.8) is 0 Å². The molecular formula is C17H32N2O. The molecule has 0 aromatic carbocycles. The Kier molecular flexibility index (Phi) is 4.91. The molecule has 3 heteroatoms. The maximum absolute atomic E-state index is 12.2. The van der Waals surface area contributed by atoms with Gasteiger partial charge in [0.2, 0.25) is 0 Å². The first-order valence-electron chi connectivity index (χ1n) is 8.26. The molecule has 0 N–H and O–H groups in total. The lowest BCUT2D eigenvalue weighted by Crippen LogP contribution is -2.58. The van der Waals surface area contributed by atoms with Gasteiger partial charge in [0, 0.05) is 44.1 Å². The Morgan fingerprint density at radius 2 is 2.00 bits per heavy atom. The van der Waals surface area contributed by atoms with Crippen molar-refractivity contribution in [2.24, 2.45) is 17.8 Å². The van der Waals surface area contributed by atoms with Crippen molar-refractivity contribution in [2.45, 2.75) is 52.5 Å². The van der Waals surface area contributed by atoms with Gasteiger partial charge in [-0.2, -0.15) is 0 Å². The highest BCUT2D eigenvalue weighted by Crippen LogP contribution is 2.32. The fraction of sp³-hybridized carbons (Fsp3) is 0.941. The summed E-state index contributed by atoms with van der Waals surface area (Å²) in [6.45, 7) is 13.5. The number of carbonyl (C=O) groups excluding carboxylic acids is 1. The summed E-state index contributed by atoms with van der Waals surface area (Å²) in [6.07, 6.45) is 3.04. The van der Waals surface area contributed by atoms with Gasteiger partial charge in [0.15, 0.2) is 0 Å². The van der Waals surface area contributed by atoms with Gasteiger partial charge in [0.05, 0.1) is 0 Å². The van der Waals surface area contributed by atoms with Crippen molar-refractivity contribution in [3.8, 4) is 0 Å². The molecule has 0 spiro atoms. The number of hydrogen-bond donors (Lipinski definition) is 0. The molecule has 2 unspecified atom stereocenters. The van der Waals surface area contributed by atoms with Gasteiger partial charge in [-0.3, -0.25) is 14.6 Å². The molecule has 1 saturated carbocycles. The van der Waals surface area contributed by atoms with Gasteiger partial charge < -0.3 is 0 Å². The van der Waals surface area contributed by atoms with Gasteiger partial charge in [-0.15, -0.1) is 0 Å². The third kappa shape index (κ3) is 3.62. The van der Waals surface area contributed by atoms with E-state index in [0.717, 1.165) is 57.3 Å². The zero-order valence-corrected chi connectivity index (χ0v) is 14.0. The van der Waals surface area contributed by atoms with Gasteiger partial charge in [0.25, 0.3) is 0 Å². The lowest BCUT2D eigenvalue weighted by atomic mass is 9.75. The first kappa shape index (κ1) is 16.0. The Labute approximate surface area is 124 Å². The van der Waals surface area contributed by atoms with Crippen LogP contribution in [0.3, 0.4) is 0 Å². The molecule has 0 aromatic rings. The lowest BCUT2D eigenvalue weighted by Gasteiger charge is -2.46. The maximum Gasteiger partial charge on any atom is 0.137 e. The summed E-state index contributed by atoms with van der Waals surface area (Å²) < 4.78 is 0. The third-order valence-corrected chi connectivity index (χ3v) is 5.62. The van der Waals surface area contributed by atoms with Crippen molar-refractivity contribution < 1.29 is 4.79 Å². The molecule has 2 atom stereocenters. The second-order valence-electron chi connectivity index (χ2n) is 7.91. The summed E-state index contributed by atoms with van der Waals surface area (Å²) in [5, 5.41) is 0. The molecule has 2 fully saturated rings. The van der Waals surface area contributed by atoms with E-state index in [0.29, 0.717) is 5.78 Å². The third-order valence-electron chi connectivity index (χ3n) is 5.62. The van der Waals surface area contributed by atoms with Gasteiger partial charge in [-0.1, -0.05) is 13.8 Å². The molecule has 0 radical (unpaired) electrons. The summed E-state index contributed by atoms with van der Waals surface area (Å²) in [6, 6.07) is 0. The topological polar surface area (TPSA) is 23.6 Å². The van der Waals surface area contributed by atoms with Crippen LogP contribution in [-0.2, 0) is 4.79 Å². The molecule has 1 heterocycles. The molecule has 0 bridgehead atoms. The first-order valence-corrected chi connectivity index (χ1v) is 8.26. The normalized spacial score (nSPS) is 32.8. The number of likely N-dealkylation sites (N-methyl/N-ethyl adjacent to an activating group) is 1. The number of carbonyl (C=O) groups is 1. The van der Waals surface area contributed by atoms with Crippen LogP contribution in [0, 0.1) is 17.8 Å². The van der Waals surface area contributed by atoms with Crippen molar-refractivity contribution in [1.29, 1.82) is 0 Å². The minimum absolute atomic E-state index is 0.230. The number of rotatable bonds is 3. The second kappa shape index (κ2) is 6.15. The van der Waals surface area contributed by atoms with Crippen LogP contribution in [-0.4, -0.2) is 54.3 Å². The molecule has 1 aliphatic heterocycles. The number of Topliss-reactive ketones (excluding diaryl/α,β-unsaturated/α-hetero) is 1. The molecule has 116 valence electrons. The van der Waals surface area contributed by atoms with E-state index in [2.05, 4.69) is 44.5 Å². The summed E-state index contributed by atoms with van der Waals surface area (Å²) >= 11 is 0. The molecular weight excluding hydrogens is 248 g/mol. The molecule has 2 aliphatic rings. The molecule has 20 heavy (non-hydrogen) atoms. The van der Waals surface area contributed by atoms with Gasteiger partial charge in [0.1, 0.15) is 5.78 Å². The van der Waals surface area contributed by atoms with E-state index in [-0.39, 0.29) is 11.5 Å². The Morgan fingerprint density at radius 3 is 2.60 bits per heavy atom. The van der Waals surface area contributed by atoms with Crippen LogP contribution in [0.2, 0.25) is 0 Å². The largest absolute Gasteiger partial charge is 0.300 e. The Balaban J connectivity index is 1.93. The SMILES string of the molecule is CC(C)C1CCC(=O)C(CN2CCN(C)C(C)(C)C2)C1. The van der Waals surface area contributed by atoms with Gasteiger partial charge >= 0.3 is 0 Å². The lowest BCUT2D eigenvalue weighted by molar-refractivity contribution is -0.127. The van der Waals surface area contributed by atoms with E-state index in [9.17, 15) is 4.79 Å². The Hall–Kier alpha value is -0.410. The number of hydrogen-bond acceptors (Lipinski definition) is 3. The summed E-state index contributed by atoms with van der Waals surface area (Å²) in [4.78, 5) is 17.2. The van der Waals surface area contributed by atoms with Crippen LogP contribution in [0.15, 0.2) is 0 Å². The zero-order valence-electron chi connectivity index (χ0n) is 14.0. The van der Waals surface area contributed by atoms with E-state index >= 15 is 0 Å². The predicted molar refractivity (Wildman–Crippen MR) is 83.8 cm³/mol. The minimum atomic E-state index is 0.230. The fourth-order valence-corrected chi connectivity index (χ4v) is 3.74. The van der Waals surface area contributed by atoms with Gasteiger partial charge in [-0.05, 0) is 45.6 Å². The number of ketones is 1. The number of piperazine rings is 1. The van der Waals surface area contributed by atoms with E-state index in [1.54, 1.807) is 0 Å². The first-order chi connectivity index (χ1) is 9.29. The van der Waals surface area contributed by atoms with Crippen molar-refractivity contribution >= 4 is 5.78 Å². The Bertz CT molecular complexity index is 351. The predicted octanol–water partition coefficient (Wildman–Crippen LogP) is 2.65. The smallest absolute Gasteiger partial charge is 0.137 e.